The molecule has 2 unspecified atom stereocenters. The zero-order valence-electron chi connectivity index (χ0n) is 17.8. The number of carbonyl (C=O) groups excluding carboxylic acids is 1. The van der Waals surface area contributed by atoms with Gasteiger partial charge in [-0.2, -0.15) is 0 Å². The Kier molecular flexibility index (Phi) is 4.57. The Hall–Kier alpha value is -3.45. The Morgan fingerprint density at radius 1 is 1.16 bits per heavy atom. The van der Waals surface area contributed by atoms with Gasteiger partial charge >= 0.3 is 0 Å². The van der Waals surface area contributed by atoms with E-state index >= 15 is 0 Å². The maximum atomic E-state index is 12.6. The van der Waals surface area contributed by atoms with Crippen molar-refractivity contribution in [3.05, 3.63) is 82.0 Å². The minimum atomic E-state index is -0.357. The highest BCUT2D eigenvalue weighted by Crippen LogP contribution is 2.38. The quantitative estimate of drug-likeness (QED) is 0.513. The van der Waals surface area contributed by atoms with Crippen LogP contribution in [-0.2, 0) is 13.1 Å². The predicted octanol–water partition coefficient (Wildman–Crippen LogP) is 3.09. The van der Waals surface area contributed by atoms with Gasteiger partial charge in [-0.1, -0.05) is 18.2 Å². The molecule has 0 radical (unpaired) electrons. The Bertz CT molecular complexity index is 1390. The molecule has 7 heteroatoms. The summed E-state index contributed by atoms with van der Waals surface area (Å²) >= 11 is 0. The lowest BCUT2D eigenvalue weighted by Crippen LogP contribution is -2.31. The van der Waals surface area contributed by atoms with E-state index < -0.39 is 0 Å². The number of piperidine rings is 1. The molecule has 1 saturated carbocycles. The molecule has 1 aliphatic heterocycles. The molecule has 162 valence electrons. The lowest BCUT2D eigenvalue weighted by molar-refractivity contribution is 0.0946. The van der Waals surface area contributed by atoms with Crippen molar-refractivity contribution in [2.75, 3.05) is 6.54 Å². The number of nitrogens with zero attached hydrogens (tertiary/aromatic N) is 3. The van der Waals surface area contributed by atoms with Crippen LogP contribution in [0.3, 0.4) is 0 Å². The largest absolute Gasteiger partial charge is 0.357 e. The van der Waals surface area contributed by atoms with E-state index in [9.17, 15) is 9.59 Å². The molecule has 0 spiro atoms. The number of amides is 1. The zero-order valence-corrected chi connectivity index (χ0v) is 17.8. The molecular weight excluding hydrogens is 402 g/mol. The van der Waals surface area contributed by atoms with E-state index in [0.717, 1.165) is 29.6 Å². The molecule has 32 heavy (non-hydrogen) atoms. The Balaban J connectivity index is 1.15. The number of fused-ring (bicyclic) bond motifs is 4. The second-order valence-electron chi connectivity index (χ2n) is 9.07. The Morgan fingerprint density at radius 3 is 2.94 bits per heavy atom. The van der Waals surface area contributed by atoms with Crippen molar-refractivity contribution in [1.29, 1.82) is 0 Å². The van der Waals surface area contributed by atoms with Crippen LogP contribution in [0, 0.1) is 5.92 Å². The van der Waals surface area contributed by atoms with Gasteiger partial charge in [-0.05, 0) is 60.4 Å². The van der Waals surface area contributed by atoms with Crippen LogP contribution in [-0.4, -0.2) is 37.8 Å². The average Bonchev–Trinajstić information content (AvgIpc) is 3.52. The third-order valence-electron chi connectivity index (χ3n) is 6.90. The molecule has 2 bridgehead atoms. The molecule has 1 saturated heterocycles. The second-order valence-corrected chi connectivity index (χ2v) is 9.07. The van der Waals surface area contributed by atoms with Crippen LogP contribution in [0.15, 0.2) is 59.5 Å². The summed E-state index contributed by atoms with van der Waals surface area (Å²) in [6.45, 7) is 2.57. The molecule has 2 N–H and O–H groups in total. The highest BCUT2D eigenvalue weighted by Gasteiger charge is 2.37. The summed E-state index contributed by atoms with van der Waals surface area (Å²) in [6.07, 6.45) is 5.74. The summed E-state index contributed by atoms with van der Waals surface area (Å²) in [6, 6.07) is 15.7. The number of hydrogen-bond donors (Lipinski definition) is 2. The molecule has 2 fully saturated rings. The monoisotopic (exact) mass is 427 g/mol. The fraction of sp³-hybridized carbons (Fsp3) is 0.320. The van der Waals surface area contributed by atoms with Crippen LogP contribution in [0.2, 0.25) is 0 Å². The van der Waals surface area contributed by atoms with Crippen molar-refractivity contribution in [2.24, 2.45) is 5.92 Å². The zero-order chi connectivity index (χ0) is 21.7. The lowest BCUT2D eigenvalue weighted by atomic mass is 10.1. The number of rotatable bonds is 5. The number of likely N-dealkylation sites (tertiary alicyclic amines) is 1. The van der Waals surface area contributed by atoms with Gasteiger partial charge in [-0.25, -0.2) is 4.98 Å². The second kappa shape index (κ2) is 7.60. The van der Waals surface area contributed by atoms with Crippen LogP contribution in [0.25, 0.3) is 16.6 Å². The number of hydrogen-bond acceptors (Lipinski definition) is 4. The number of benzene rings is 1. The van der Waals surface area contributed by atoms with Crippen molar-refractivity contribution >= 4 is 22.5 Å². The van der Waals surface area contributed by atoms with Gasteiger partial charge in [0.2, 0.25) is 0 Å². The van der Waals surface area contributed by atoms with E-state index in [1.807, 2.05) is 6.07 Å². The molecular formula is C25H25N5O2. The minimum Gasteiger partial charge on any atom is -0.357 e. The SMILES string of the molecule is O=C(NCc1ccc2cc(CN3CC4CCC3C4)[nH]c2c1)c1cc(=O)n2ccccc2n1. The van der Waals surface area contributed by atoms with Crippen molar-refractivity contribution in [3.8, 4) is 0 Å². The van der Waals surface area contributed by atoms with Gasteiger partial charge in [0.15, 0.2) is 0 Å². The number of aromatic nitrogens is 3. The van der Waals surface area contributed by atoms with Gasteiger partial charge in [-0.15, -0.1) is 0 Å². The van der Waals surface area contributed by atoms with Crippen LogP contribution in [0.4, 0.5) is 0 Å². The first-order chi connectivity index (χ1) is 15.6. The molecule has 6 rings (SSSR count). The Morgan fingerprint density at radius 2 is 2.09 bits per heavy atom. The van der Waals surface area contributed by atoms with Crippen LogP contribution in [0.5, 0.6) is 0 Å². The topological polar surface area (TPSA) is 82.5 Å². The number of aromatic amines is 1. The smallest absolute Gasteiger partial charge is 0.270 e. The van der Waals surface area contributed by atoms with Gasteiger partial charge in [0.25, 0.3) is 11.5 Å². The van der Waals surface area contributed by atoms with E-state index in [0.29, 0.717) is 12.2 Å². The fourth-order valence-electron chi connectivity index (χ4n) is 5.31. The maximum Gasteiger partial charge on any atom is 0.270 e. The highest BCUT2D eigenvalue weighted by atomic mass is 16.2. The van der Waals surface area contributed by atoms with Crippen LogP contribution in [0.1, 0.15) is 41.0 Å². The highest BCUT2D eigenvalue weighted by molar-refractivity contribution is 5.92. The predicted molar refractivity (Wildman–Crippen MR) is 122 cm³/mol. The molecule has 7 nitrogen and oxygen atoms in total. The molecule has 1 amide bonds. The van der Waals surface area contributed by atoms with Crippen molar-refractivity contribution < 1.29 is 4.79 Å². The third kappa shape index (κ3) is 3.48. The number of nitrogens with one attached hydrogen (secondary N) is 2. The van der Waals surface area contributed by atoms with E-state index in [2.05, 4.69) is 38.4 Å². The van der Waals surface area contributed by atoms with Crippen LogP contribution >= 0.6 is 0 Å². The first-order valence-electron chi connectivity index (χ1n) is 11.2. The Labute approximate surface area is 185 Å². The first kappa shape index (κ1) is 19.3. The van der Waals surface area contributed by atoms with E-state index in [-0.39, 0.29) is 17.2 Å². The number of H-pyrrole nitrogens is 1. The number of pyridine rings is 1. The summed E-state index contributed by atoms with van der Waals surface area (Å²) in [5.74, 6) is 0.540. The summed E-state index contributed by atoms with van der Waals surface area (Å²) in [4.78, 5) is 35.3. The summed E-state index contributed by atoms with van der Waals surface area (Å²) in [5, 5.41) is 4.07. The number of carbonyl (C=O) groups is 1. The maximum absolute atomic E-state index is 12.6. The molecule has 4 aromatic rings. The van der Waals surface area contributed by atoms with Gasteiger partial charge in [0.1, 0.15) is 11.3 Å². The van der Waals surface area contributed by atoms with Crippen molar-refractivity contribution in [3.63, 3.8) is 0 Å². The fourth-order valence-corrected chi connectivity index (χ4v) is 5.31. The van der Waals surface area contributed by atoms with Crippen molar-refractivity contribution in [2.45, 2.75) is 38.4 Å². The molecule has 1 aromatic carbocycles. The standard InChI is InChI=1S/C25H25N5O2/c31-24-12-22(28-23-3-1-2-8-30(23)24)25(32)26-13-16-4-6-18-11-19(27-21(18)10-16)15-29-14-17-5-7-20(29)9-17/h1-4,6,8,10-12,17,20,27H,5,7,9,13-15H2,(H,26,32). The van der Waals surface area contributed by atoms with E-state index in [1.54, 1.807) is 24.4 Å². The van der Waals surface area contributed by atoms with Gasteiger partial charge in [0.05, 0.1) is 0 Å². The lowest BCUT2D eigenvalue weighted by Gasteiger charge is -2.26. The summed E-state index contributed by atoms with van der Waals surface area (Å²) < 4.78 is 1.42. The summed E-state index contributed by atoms with van der Waals surface area (Å²) in [5.41, 5.74) is 3.64. The van der Waals surface area contributed by atoms with Gasteiger partial charge in [0, 0.05) is 49.1 Å². The van der Waals surface area contributed by atoms with Gasteiger partial charge < -0.3 is 10.3 Å². The third-order valence-corrected chi connectivity index (χ3v) is 6.90. The molecule has 1 aliphatic carbocycles. The van der Waals surface area contributed by atoms with Gasteiger partial charge in [-0.3, -0.25) is 18.9 Å². The summed E-state index contributed by atoms with van der Waals surface area (Å²) in [7, 11) is 0. The van der Waals surface area contributed by atoms with Crippen LogP contribution < -0.4 is 10.9 Å². The minimum absolute atomic E-state index is 0.129. The first-order valence-corrected chi connectivity index (χ1v) is 11.2. The molecule has 3 aromatic heterocycles. The molecule has 2 aliphatic rings. The molecule has 4 heterocycles. The normalized spacial score (nSPS) is 20.4. The van der Waals surface area contributed by atoms with E-state index in [1.165, 1.54) is 47.4 Å². The van der Waals surface area contributed by atoms with Crippen molar-refractivity contribution in [1.82, 2.24) is 24.6 Å². The molecule has 2 atom stereocenters. The average molecular weight is 428 g/mol. The van der Waals surface area contributed by atoms with E-state index in [4.69, 9.17) is 0 Å².